The summed E-state index contributed by atoms with van der Waals surface area (Å²) in [5.74, 6) is 0. The van der Waals surface area contributed by atoms with Crippen molar-refractivity contribution < 1.29 is 5.11 Å². The molecular weight excluding hydrogens is 140 g/mol. The van der Waals surface area contributed by atoms with E-state index >= 15 is 0 Å². The fourth-order valence-electron chi connectivity index (χ4n) is 1.55. The van der Waals surface area contributed by atoms with Crippen LogP contribution >= 0.6 is 0 Å². The lowest BCUT2D eigenvalue weighted by Gasteiger charge is -2.30. The van der Waals surface area contributed by atoms with Gasteiger partial charge in [-0.25, -0.2) is 0 Å². The Hall–Kier alpha value is -0.120. The van der Waals surface area contributed by atoms with Crippen LogP contribution in [-0.4, -0.2) is 35.9 Å². The first kappa shape index (κ1) is 8.97. The molecule has 0 saturated carbocycles. The Morgan fingerprint density at radius 1 is 1.27 bits per heavy atom. The van der Waals surface area contributed by atoms with Gasteiger partial charge < -0.3 is 10.8 Å². The van der Waals surface area contributed by atoms with E-state index in [4.69, 9.17) is 5.73 Å². The second-order valence-corrected chi connectivity index (χ2v) is 3.15. The maximum atomic E-state index is 9.52. The highest BCUT2D eigenvalue weighted by molar-refractivity contribution is 4.67. The molecule has 1 heterocycles. The Morgan fingerprint density at radius 3 is 2.45 bits per heavy atom. The number of likely N-dealkylation sites (tertiary alicyclic amines) is 1. The number of hydrogen-bond donors (Lipinski definition) is 2. The molecule has 0 spiro atoms. The van der Waals surface area contributed by atoms with Crippen LogP contribution in [-0.2, 0) is 0 Å². The Kier molecular flexibility index (Phi) is 3.83. The van der Waals surface area contributed by atoms with Gasteiger partial charge in [-0.15, -0.1) is 0 Å². The fourth-order valence-corrected chi connectivity index (χ4v) is 1.55. The fraction of sp³-hybridized carbons (Fsp3) is 1.00. The summed E-state index contributed by atoms with van der Waals surface area (Å²) < 4.78 is 0. The minimum Gasteiger partial charge on any atom is -0.378 e. The molecule has 0 amide bonds. The second kappa shape index (κ2) is 4.70. The van der Waals surface area contributed by atoms with Gasteiger partial charge >= 0.3 is 0 Å². The molecule has 66 valence electrons. The van der Waals surface area contributed by atoms with Gasteiger partial charge in [-0.05, 0) is 25.8 Å². The van der Waals surface area contributed by atoms with Crippen LogP contribution in [0.5, 0.6) is 0 Å². The Balaban J connectivity index is 2.21. The first-order valence-electron chi connectivity index (χ1n) is 4.47. The zero-order valence-electron chi connectivity index (χ0n) is 7.00. The summed E-state index contributed by atoms with van der Waals surface area (Å²) >= 11 is 0. The third kappa shape index (κ3) is 2.77. The summed E-state index contributed by atoms with van der Waals surface area (Å²) in [6.45, 7) is 2.67. The van der Waals surface area contributed by atoms with E-state index in [1.165, 1.54) is 19.3 Å². The number of nitrogens with two attached hydrogens (primary N) is 1. The minimum atomic E-state index is -0.291. The number of rotatable bonds is 3. The molecule has 1 aliphatic rings. The van der Waals surface area contributed by atoms with Crippen molar-refractivity contribution in [2.75, 3.05) is 19.6 Å². The summed E-state index contributed by atoms with van der Waals surface area (Å²) in [6, 6.07) is 0. The summed E-state index contributed by atoms with van der Waals surface area (Å²) in [7, 11) is 0. The molecular formula is C8H18N2O. The predicted molar refractivity (Wildman–Crippen MR) is 45.1 cm³/mol. The van der Waals surface area contributed by atoms with Crippen molar-refractivity contribution in [2.24, 2.45) is 5.73 Å². The van der Waals surface area contributed by atoms with Gasteiger partial charge in [-0.2, -0.15) is 0 Å². The SMILES string of the molecule is NCCC(O)N1CCCCC1. The molecule has 0 aliphatic carbocycles. The first-order valence-corrected chi connectivity index (χ1v) is 4.47. The zero-order valence-corrected chi connectivity index (χ0v) is 7.00. The highest BCUT2D eigenvalue weighted by atomic mass is 16.3. The molecule has 1 aliphatic heterocycles. The molecule has 0 bridgehead atoms. The Morgan fingerprint density at radius 2 is 1.91 bits per heavy atom. The van der Waals surface area contributed by atoms with E-state index in [0.29, 0.717) is 13.0 Å². The van der Waals surface area contributed by atoms with Gasteiger partial charge in [-0.3, -0.25) is 4.90 Å². The number of hydrogen-bond acceptors (Lipinski definition) is 3. The van der Waals surface area contributed by atoms with Crippen LogP contribution in [0.4, 0.5) is 0 Å². The van der Waals surface area contributed by atoms with Gasteiger partial charge in [0.05, 0.1) is 0 Å². The van der Waals surface area contributed by atoms with E-state index in [-0.39, 0.29) is 6.23 Å². The van der Waals surface area contributed by atoms with Crippen LogP contribution in [0.15, 0.2) is 0 Å². The molecule has 3 heteroatoms. The largest absolute Gasteiger partial charge is 0.378 e. The first-order chi connectivity index (χ1) is 5.34. The molecule has 1 rings (SSSR count). The Bertz CT molecular complexity index is 102. The molecule has 3 nitrogen and oxygen atoms in total. The smallest absolute Gasteiger partial charge is 0.108 e. The summed E-state index contributed by atoms with van der Waals surface area (Å²) in [5, 5.41) is 9.52. The van der Waals surface area contributed by atoms with Crippen molar-refractivity contribution in [3.63, 3.8) is 0 Å². The predicted octanol–water partition coefficient (Wildman–Crippen LogP) is 0.139. The third-order valence-corrected chi connectivity index (χ3v) is 2.24. The van der Waals surface area contributed by atoms with E-state index in [1.54, 1.807) is 0 Å². The number of piperidine rings is 1. The molecule has 1 unspecified atom stereocenters. The lowest BCUT2D eigenvalue weighted by atomic mass is 10.1. The van der Waals surface area contributed by atoms with E-state index in [1.807, 2.05) is 0 Å². The van der Waals surface area contributed by atoms with Crippen LogP contribution in [0, 0.1) is 0 Å². The lowest BCUT2D eigenvalue weighted by molar-refractivity contribution is -0.0114. The quantitative estimate of drug-likeness (QED) is 0.614. The highest BCUT2D eigenvalue weighted by Crippen LogP contribution is 2.11. The maximum absolute atomic E-state index is 9.52. The van der Waals surface area contributed by atoms with Crippen LogP contribution in [0.1, 0.15) is 25.7 Å². The molecule has 1 fully saturated rings. The van der Waals surface area contributed by atoms with Crippen molar-refractivity contribution in [3.8, 4) is 0 Å². The van der Waals surface area contributed by atoms with Gasteiger partial charge in [0.15, 0.2) is 0 Å². The summed E-state index contributed by atoms with van der Waals surface area (Å²) in [4.78, 5) is 2.12. The normalized spacial score (nSPS) is 23.5. The van der Waals surface area contributed by atoms with Crippen molar-refractivity contribution in [1.29, 1.82) is 0 Å². The standard InChI is InChI=1S/C8H18N2O/c9-5-4-8(11)10-6-2-1-3-7-10/h8,11H,1-7,9H2. The van der Waals surface area contributed by atoms with Gasteiger partial charge in [0.2, 0.25) is 0 Å². The highest BCUT2D eigenvalue weighted by Gasteiger charge is 2.16. The average Bonchev–Trinajstić information content (AvgIpc) is 2.07. The molecule has 1 atom stereocenters. The van der Waals surface area contributed by atoms with Gasteiger partial charge in [0.1, 0.15) is 6.23 Å². The molecule has 0 aromatic heterocycles. The van der Waals surface area contributed by atoms with Gasteiger partial charge in [0, 0.05) is 13.1 Å². The van der Waals surface area contributed by atoms with Gasteiger partial charge in [0.25, 0.3) is 0 Å². The molecule has 0 radical (unpaired) electrons. The maximum Gasteiger partial charge on any atom is 0.108 e. The van der Waals surface area contributed by atoms with E-state index in [0.717, 1.165) is 13.1 Å². The van der Waals surface area contributed by atoms with Crippen molar-refractivity contribution in [1.82, 2.24) is 4.90 Å². The molecule has 3 N–H and O–H groups in total. The molecule has 0 aromatic carbocycles. The van der Waals surface area contributed by atoms with E-state index < -0.39 is 0 Å². The topological polar surface area (TPSA) is 49.5 Å². The van der Waals surface area contributed by atoms with Crippen LogP contribution < -0.4 is 5.73 Å². The van der Waals surface area contributed by atoms with E-state index in [9.17, 15) is 5.11 Å². The Labute approximate surface area is 68.2 Å². The minimum absolute atomic E-state index is 0.291. The second-order valence-electron chi connectivity index (χ2n) is 3.15. The van der Waals surface area contributed by atoms with Crippen LogP contribution in [0.2, 0.25) is 0 Å². The zero-order chi connectivity index (χ0) is 8.10. The lowest BCUT2D eigenvalue weighted by Crippen LogP contribution is -2.40. The average molecular weight is 158 g/mol. The summed E-state index contributed by atoms with van der Waals surface area (Å²) in [5.41, 5.74) is 5.35. The van der Waals surface area contributed by atoms with Gasteiger partial charge in [-0.1, -0.05) is 6.42 Å². The van der Waals surface area contributed by atoms with Crippen molar-refractivity contribution in [2.45, 2.75) is 31.9 Å². The number of aliphatic hydroxyl groups excluding tert-OH is 1. The number of aliphatic hydroxyl groups is 1. The molecule has 1 saturated heterocycles. The van der Waals surface area contributed by atoms with Crippen molar-refractivity contribution >= 4 is 0 Å². The van der Waals surface area contributed by atoms with Crippen LogP contribution in [0.3, 0.4) is 0 Å². The molecule has 11 heavy (non-hydrogen) atoms. The molecule has 0 aromatic rings. The van der Waals surface area contributed by atoms with Crippen LogP contribution in [0.25, 0.3) is 0 Å². The van der Waals surface area contributed by atoms with Crippen molar-refractivity contribution in [3.05, 3.63) is 0 Å². The number of nitrogens with zero attached hydrogens (tertiary/aromatic N) is 1. The monoisotopic (exact) mass is 158 g/mol. The third-order valence-electron chi connectivity index (χ3n) is 2.24. The summed E-state index contributed by atoms with van der Waals surface area (Å²) in [6.07, 6.45) is 4.18. The van der Waals surface area contributed by atoms with E-state index in [2.05, 4.69) is 4.90 Å².